The molecule has 3 heterocycles. The molecule has 7 heteroatoms. The highest BCUT2D eigenvalue weighted by atomic mass is 16.6. The molecule has 0 N–H and O–H groups in total. The number of benzene rings is 1. The third-order valence-corrected chi connectivity index (χ3v) is 4.99. The maximum absolute atomic E-state index is 12.3. The van der Waals surface area contributed by atoms with Crippen LogP contribution >= 0.6 is 0 Å². The van der Waals surface area contributed by atoms with Gasteiger partial charge in [0.25, 0.3) is 0 Å². The van der Waals surface area contributed by atoms with Gasteiger partial charge in [0, 0.05) is 32.4 Å². The summed E-state index contributed by atoms with van der Waals surface area (Å²) in [7, 11) is 3.38. The number of nitrogens with zero attached hydrogens (tertiary/aromatic N) is 4. The number of fused-ring (bicyclic) bond motifs is 1. The van der Waals surface area contributed by atoms with E-state index in [2.05, 4.69) is 14.9 Å². The molecule has 0 aliphatic carbocycles. The number of likely N-dealkylation sites (N-methyl/N-ethyl adjacent to an activating group) is 1. The molecule has 0 saturated carbocycles. The third-order valence-electron chi connectivity index (χ3n) is 4.99. The minimum atomic E-state index is -0.312. The van der Waals surface area contributed by atoms with Crippen LogP contribution in [0.5, 0.6) is 5.88 Å². The first kappa shape index (κ1) is 18.0. The molecule has 1 amide bonds. The van der Waals surface area contributed by atoms with Crippen molar-refractivity contribution in [2.45, 2.75) is 12.6 Å². The fourth-order valence-electron chi connectivity index (χ4n) is 3.23. The first-order valence-electron chi connectivity index (χ1n) is 9.14. The van der Waals surface area contributed by atoms with Crippen molar-refractivity contribution in [3.63, 3.8) is 0 Å². The van der Waals surface area contributed by atoms with E-state index in [0.29, 0.717) is 5.88 Å². The van der Waals surface area contributed by atoms with Crippen molar-refractivity contribution >= 4 is 22.8 Å². The van der Waals surface area contributed by atoms with Gasteiger partial charge in [0.1, 0.15) is 12.1 Å². The topological polar surface area (TPSA) is 67.8 Å². The van der Waals surface area contributed by atoms with Crippen molar-refractivity contribution < 1.29 is 14.3 Å². The highest BCUT2D eigenvalue weighted by molar-refractivity contribution is 5.88. The summed E-state index contributed by atoms with van der Waals surface area (Å²) in [5.74, 6) is 0.556. The fourth-order valence-corrected chi connectivity index (χ4v) is 3.23. The van der Waals surface area contributed by atoms with Crippen LogP contribution in [0.25, 0.3) is 11.0 Å². The van der Waals surface area contributed by atoms with Gasteiger partial charge >= 0.3 is 6.09 Å². The minimum absolute atomic E-state index is 0.0945. The van der Waals surface area contributed by atoms with E-state index in [1.54, 1.807) is 31.3 Å². The zero-order valence-electron chi connectivity index (χ0n) is 15.9. The van der Waals surface area contributed by atoms with Gasteiger partial charge < -0.3 is 19.3 Å². The number of hydrogen-bond donors (Lipinski definition) is 0. The zero-order chi connectivity index (χ0) is 19.5. The van der Waals surface area contributed by atoms with E-state index in [4.69, 9.17) is 9.47 Å². The predicted molar refractivity (Wildman–Crippen MR) is 106 cm³/mol. The summed E-state index contributed by atoms with van der Waals surface area (Å²) >= 11 is 0. The van der Waals surface area contributed by atoms with Crippen LogP contribution < -0.4 is 9.64 Å². The maximum atomic E-state index is 12.3. The quantitative estimate of drug-likeness (QED) is 0.680. The minimum Gasteiger partial charge on any atom is -0.481 e. The molecule has 1 aliphatic heterocycles. The lowest BCUT2D eigenvalue weighted by Gasteiger charge is -2.44. The highest BCUT2D eigenvalue weighted by Gasteiger charge is 2.34. The number of amides is 1. The van der Waals surface area contributed by atoms with Crippen LogP contribution in [0.2, 0.25) is 0 Å². The van der Waals surface area contributed by atoms with E-state index in [1.807, 2.05) is 42.5 Å². The lowest BCUT2D eigenvalue weighted by Crippen LogP contribution is -2.60. The van der Waals surface area contributed by atoms with Crippen LogP contribution in [-0.2, 0) is 11.3 Å². The SMILES string of the molecule is COc1ccc2nccc(N3CC(N(C)C(=O)OCc4ccccc4)C3)c2n1. The zero-order valence-corrected chi connectivity index (χ0v) is 15.9. The Labute approximate surface area is 163 Å². The lowest BCUT2D eigenvalue weighted by atomic mass is 10.1. The molecule has 1 aromatic carbocycles. The van der Waals surface area contributed by atoms with Gasteiger partial charge in [0.15, 0.2) is 0 Å². The molecule has 144 valence electrons. The van der Waals surface area contributed by atoms with Crippen molar-refractivity contribution in [1.29, 1.82) is 0 Å². The summed E-state index contributed by atoms with van der Waals surface area (Å²) in [6.07, 6.45) is 1.46. The van der Waals surface area contributed by atoms with Crippen LogP contribution in [-0.4, -0.2) is 54.2 Å². The predicted octanol–water partition coefficient (Wildman–Crippen LogP) is 3.10. The van der Waals surface area contributed by atoms with Crippen molar-refractivity contribution in [1.82, 2.24) is 14.9 Å². The molecule has 2 aromatic heterocycles. The van der Waals surface area contributed by atoms with Crippen molar-refractivity contribution in [2.75, 3.05) is 32.1 Å². The summed E-state index contributed by atoms with van der Waals surface area (Å²) in [6, 6.07) is 15.4. The summed E-state index contributed by atoms with van der Waals surface area (Å²) in [5.41, 5.74) is 3.58. The molecule has 0 spiro atoms. The monoisotopic (exact) mass is 378 g/mol. The number of ether oxygens (including phenoxy) is 2. The number of aromatic nitrogens is 2. The Morgan fingerprint density at radius 3 is 2.71 bits per heavy atom. The molecule has 7 nitrogen and oxygen atoms in total. The molecule has 1 fully saturated rings. The van der Waals surface area contributed by atoms with E-state index < -0.39 is 0 Å². The fraction of sp³-hybridized carbons (Fsp3) is 0.286. The Bertz CT molecular complexity index is 974. The summed E-state index contributed by atoms with van der Waals surface area (Å²) in [6.45, 7) is 1.71. The van der Waals surface area contributed by atoms with E-state index >= 15 is 0 Å². The number of carbonyl (C=O) groups is 1. The van der Waals surface area contributed by atoms with Crippen molar-refractivity contribution in [2.24, 2.45) is 0 Å². The van der Waals surface area contributed by atoms with Gasteiger partial charge in [-0.3, -0.25) is 4.98 Å². The first-order valence-corrected chi connectivity index (χ1v) is 9.14. The lowest BCUT2D eigenvalue weighted by molar-refractivity contribution is 0.0855. The molecule has 0 unspecified atom stereocenters. The highest BCUT2D eigenvalue weighted by Crippen LogP contribution is 2.30. The maximum Gasteiger partial charge on any atom is 0.410 e. The van der Waals surface area contributed by atoms with Crippen LogP contribution in [0.15, 0.2) is 54.7 Å². The molecular weight excluding hydrogens is 356 g/mol. The molecular formula is C21H22N4O3. The largest absolute Gasteiger partial charge is 0.481 e. The smallest absolute Gasteiger partial charge is 0.410 e. The van der Waals surface area contributed by atoms with Gasteiger partial charge in [0.2, 0.25) is 5.88 Å². The molecule has 28 heavy (non-hydrogen) atoms. The standard InChI is InChI=1S/C21H22N4O3/c1-24(21(26)28-14-15-6-4-3-5-7-15)16-12-25(13-16)18-10-11-22-17-8-9-19(27-2)23-20(17)18/h3-11,16H,12-14H2,1-2H3. The molecule has 3 aromatic rings. The normalized spacial score (nSPS) is 13.9. The molecule has 0 radical (unpaired) electrons. The molecule has 0 bridgehead atoms. The van der Waals surface area contributed by atoms with Crippen molar-refractivity contribution in [3.8, 4) is 5.88 Å². The second-order valence-corrected chi connectivity index (χ2v) is 6.76. The number of pyridine rings is 2. The van der Waals surface area contributed by atoms with E-state index in [-0.39, 0.29) is 18.7 Å². The Balaban J connectivity index is 1.39. The van der Waals surface area contributed by atoms with Crippen molar-refractivity contribution in [3.05, 3.63) is 60.3 Å². The van der Waals surface area contributed by atoms with E-state index in [9.17, 15) is 4.79 Å². The van der Waals surface area contributed by atoms with Gasteiger partial charge in [-0.25, -0.2) is 9.78 Å². The first-order chi connectivity index (χ1) is 13.7. The number of carbonyl (C=O) groups excluding carboxylic acids is 1. The number of methoxy groups -OCH3 is 1. The Hall–Kier alpha value is -3.35. The van der Waals surface area contributed by atoms with Crippen LogP contribution in [0, 0.1) is 0 Å². The van der Waals surface area contributed by atoms with E-state index in [0.717, 1.165) is 35.4 Å². The van der Waals surface area contributed by atoms with Crippen LogP contribution in [0.4, 0.5) is 10.5 Å². The molecule has 1 saturated heterocycles. The average Bonchev–Trinajstić information content (AvgIpc) is 2.71. The van der Waals surface area contributed by atoms with Gasteiger partial charge in [-0.05, 0) is 17.7 Å². The molecule has 1 aliphatic rings. The Morgan fingerprint density at radius 2 is 1.96 bits per heavy atom. The molecule has 4 rings (SSSR count). The third kappa shape index (κ3) is 3.55. The van der Waals surface area contributed by atoms with Gasteiger partial charge in [-0.2, -0.15) is 0 Å². The van der Waals surface area contributed by atoms with E-state index in [1.165, 1.54) is 0 Å². The van der Waals surface area contributed by atoms with Gasteiger partial charge in [-0.15, -0.1) is 0 Å². The average molecular weight is 378 g/mol. The summed E-state index contributed by atoms with van der Waals surface area (Å²) in [5, 5.41) is 0. The van der Waals surface area contributed by atoms with Crippen LogP contribution in [0.1, 0.15) is 5.56 Å². The summed E-state index contributed by atoms with van der Waals surface area (Å²) < 4.78 is 10.7. The molecule has 0 atom stereocenters. The van der Waals surface area contributed by atoms with Gasteiger partial charge in [-0.1, -0.05) is 30.3 Å². The van der Waals surface area contributed by atoms with Crippen LogP contribution in [0.3, 0.4) is 0 Å². The second kappa shape index (κ2) is 7.72. The number of rotatable bonds is 5. The summed E-state index contributed by atoms with van der Waals surface area (Å²) in [4.78, 5) is 25.1. The second-order valence-electron chi connectivity index (χ2n) is 6.76. The Morgan fingerprint density at radius 1 is 1.18 bits per heavy atom. The van der Waals surface area contributed by atoms with Gasteiger partial charge in [0.05, 0.1) is 24.4 Å². The number of hydrogen-bond acceptors (Lipinski definition) is 6. The Kier molecular flexibility index (Phi) is 4.97. The number of anilines is 1.